The number of hydrogen-bond acceptors (Lipinski definition) is 2. The molecule has 0 unspecified atom stereocenters. The summed E-state index contributed by atoms with van der Waals surface area (Å²) in [5.74, 6) is 0. The second-order valence-electron chi connectivity index (χ2n) is 13.8. The molecule has 2 N–H and O–H groups in total. The molecular formula is C52H42N2. The van der Waals surface area contributed by atoms with Gasteiger partial charge in [0, 0.05) is 22.6 Å². The molecule has 54 heavy (non-hydrogen) atoms. The SMILES string of the molecule is Cc1ccc(N(c2ccc(C)cc2)c2ccc(-c3ccc(N)cc3)c(-c3ccc(C=C(c4ccccc4)c4ccccc4)cc3)c2-c2ccccc2)cc1. The van der Waals surface area contributed by atoms with Gasteiger partial charge < -0.3 is 10.6 Å². The molecule has 0 saturated carbocycles. The Morgan fingerprint density at radius 1 is 0.426 bits per heavy atom. The van der Waals surface area contributed by atoms with E-state index >= 15 is 0 Å². The first-order valence-corrected chi connectivity index (χ1v) is 18.5. The molecule has 0 aliphatic rings. The lowest BCUT2D eigenvalue weighted by Crippen LogP contribution is -2.12. The molecule has 0 aliphatic heterocycles. The summed E-state index contributed by atoms with van der Waals surface area (Å²) in [5.41, 5.74) is 24.2. The fourth-order valence-electron chi connectivity index (χ4n) is 7.17. The van der Waals surface area contributed by atoms with Crippen molar-refractivity contribution in [3.05, 3.63) is 228 Å². The first-order chi connectivity index (χ1) is 26.5. The van der Waals surface area contributed by atoms with E-state index in [4.69, 9.17) is 5.73 Å². The van der Waals surface area contributed by atoms with E-state index in [9.17, 15) is 0 Å². The standard InChI is InChI=1S/C52H42N2/c1-37-18-30-46(31-19-37)54(47-32-20-38(2)21-33-47)50-35-34-48(42-26-28-45(53)29-27-42)51(52(50)43-16-10-5-11-17-43)44-24-22-39(23-25-44)36-49(40-12-6-3-7-13-40)41-14-8-4-9-15-41/h3-36H,53H2,1-2H3. The highest BCUT2D eigenvalue weighted by atomic mass is 15.1. The summed E-state index contributed by atoms with van der Waals surface area (Å²) in [4.78, 5) is 2.39. The van der Waals surface area contributed by atoms with Gasteiger partial charge >= 0.3 is 0 Å². The lowest BCUT2D eigenvalue weighted by Gasteiger charge is -2.30. The summed E-state index contributed by atoms with van der Waals surface area (Å²) in [6.45, 7) is 4.27. The Balaban J connectivity index is 1.37. The molecule has 0 aromatic heterocycles. The maximum absolute atomic E-state index is 6.22. The minimum atomic E-state index is 0.744. The zero-order chi connectivity index (χ0) is 36.9. The second kappa shape index (κ2) is 15.4. The van der Waals surface area contributed by atoms with E-state index in [1.54, 1.807) is 0 Å². The van der Waals surface area contributed by atoms with Crippen molar-refractivity contribution in [3.8, 4) is 33.4 Å². The van der Waals surface area contributed by atoms with Crippen molar-refractivity contribution < 1.29 is 0 Å². The highest BCUT2D eigenvalue weighted by molar-refractivity contribution is 6.03. The Labute approximate surface area is 319 Å². The number of nitrogens with zero attached hydrogens (tertiary/aromatic N) is 1. The van der Waals surface area contributed by atoms with Crippen molar-refractivity contribution >= 4 is 34.4 Å². The Hall–Kier alpha value is -6.90. The first kappa shape index (κ1) is 34.2. The number of rotatable bonds is 9. The summed E-state index contributed by atoms with van der Waals surface area (Å²) in [5, 5.41) is 0. The number of benzene rings is 8. The van der Waals surface area contributed by atoms with Crippen molar-refractivity contribution in [1.82, 2.24) is 0 Å². The van der Waals surface area contributed by atoms with Crippen LogP contribution in [0.5, 0.6) is 0 Å². The molecule has 0 bridgehead atoms. The Bertz CT molecular complexity index is 2410. The quantitative estimate of drug-likeness (QED) is 0.120. The molecule has 0 spiro atoms. The average molecular weight is 695 g/mol. The second-order valence-corrected chi connectivity index (χ2v) is 13.8. The van der Waals surface area contributed by atoms with Crippen LogP contribution in [0.2, 0.25) is 0 Å². The van der Waals surface area contributed by atoms with Gasteiger partial charge in [0.1, 0.15) is 0 Å². The lowest BCUT2D eigenvalue weighted by atomic mass is 9.85. The minimum Gasteiger partial charge on any atom is -0.399 e. The zero-order valence-corrected chi connectivity index (χ0v) is 30.7. The van der Waals surface area contributed by atoms with E-state index < -0.39 is 0 Å². The zero-order valence-electron chi connectivity index (χ0n) is 30.7. The molecule has 8 aromatic carbocycles. The van der Waals surface area contributed by atoms with Gasteiger partial charge in [-0.1, -0.05) is 169 Å². The molecule has 8 aromatic rings. The summed E-state index contributed by atoms with van der Waals surface area (Å²) in [6, 6.07) is 71.5. The highest BCUT2D eigenvalue weighted by Crippen LogP contribution is 2.49. The van der Waals surface area contributed by atoms with Crippen molar-refractivity contribution in [2.45, 2.75) is 13.8 Å². The van der Waals surface area contributed by atoms with Gasteiger partial charge in [-0.2, -0.15) is 0 Å². The normalized spacial score (nSPS) is 10.9. The lowest BCUT2D eigenvalue weighted by molar-refractivity contribution is 1.27. The predicted octanol–water partition coefficient (Wildman–Crippen LogP) is 13.9. The van der Waals surface area contributed by atoms with Crippen molar-refractivity contribution in [2.24, 2.45) is 0 Å². The fraction of sp³-hybridized carbons (Fsp3) is 0.0385. The Morgan fingerprint density at radius 2 is 0.889 bits per heavy atom. The molecular weight excluding hydrogens is 653 g/mol. The summed E-state index contributed by atoms with van der Waals surface area (Å²) >= 11 is 0. The molecule has 0 heterocycles. The molecule has 0 fully saturated rings. The maximum Gasteiger partial charge on any atom is 0.0546 e. The summed E-state index contributed by atoms with van der Waals surface area (Å²) in [6.07, 6.45) is 2.29. The molecule has 0 amide bonds. The van der Waals surface area contributed by atoms with E-state index in [-0.39, 0.29) is 0 Å². The van der Waals surface area contributed by atoms with E-state index in [0.717, 1.165) is 61.7 Å². The number of nitrogens with two attached hydrogens (primary N) is 1. The first-order valence-electron chi connectivity index (χ1n) is 18.5. The minimum absolute atomic E-state index is 0.744. The Morgan fingerprint density at radius 3 is 1.41 bits per heavy atom. The van der Waals surface area contributed by atoms with Crippen LogP contribution in [0, 0.1) is 13.8 Å². The van der Waals surface area contributed by atoms with E-state index in [0.29, 0.717) is 0 Å². The van der Waals surface area contributed by atoms with Gasteiger partial charge in [-0.15, -0.1) is 0 Å². The van der Waals surface area contributed by atoms with Gasteiger partial charge in [-0.05, 0) is 112 Å². The number of anilines is 4. The summed E-state index contributed by atoms with van der Waals surface area (Å²) < 4.78 is 0. The van der Waals surface area contributed by atoms with Crippen LogP contribution in [0.25, 0.3) is 45.0 Å². The third-order valence-corrected chi connectivity index (χ3v) is 9.97. The van der Waals surface area contributed by atoms with Gasteiger partial charge in [0.05, 0.1) is 5.69 Å². The van der Waals surface area contributed by atoms with E-state index in [1.165, 1.54) is 27.8 Å². The third-order valence-electron chi connectivity index (χ3n) is 9.97. The van der Waals surface area contributed by atoms with Crippen LogP contribution >= 0.6 is 0 Å². The van der Waals surface area contributed by atoms with Gasteiger partial charge in [0.15, 0.2) is 0 Å². The molecule has 0 radical (unpaired) electrons. The molecule has 260 valence electrons. The molecule has 0 saturated heterocycles. The summed E-state index contributed by atoms with van der Waals surface area (Å²) in [7, 11) is 0. The van der Waals surface area contributed by atoms with Crippen LogP contribution in [-0.4, -0.2) is 0 Å². The van der Waals surface area contributed by atoms with Gasteiger partial charge in [-0.25, -0.2) is 0 Å². The number of nitrogen functional groups attached to an aromatic ring is 1. The number of aryl methyl sites for hydroxylation is 2. The van der Waals surface area contributed by atoms with Crippen LogP contribution in [0.1, 0.15) is 27.8 Å². The smallest absolute Gasteiger partial charge is 0.0546 e. The van der Waals surface area contributed by atoms with Crippen LogP contribution in [0.4, 0.5) is 22.7 Å². The predicted molar refractivity (Wildman–Crippen MR) is 231 cm³/mol. The van der Waals surface area contributed by atoms with Crippen molar-refractivity contribution in [2.75, 3.05) is 10.6 Å². The van der Waals surface area contributed by atoms with Crippen molar-refractivity contribution in [1.29, 1.82) is 0 Å². The van der Waals surface area contributed by atoms with E-state index in [2.05, 4.69) is 213 Å². The topological polar surface area (TPSA) is 29.3 Å². The fourth-order valence-corrected chi connectivity index (χ4v) is 7.17. The number of hydrogen-bond donors (Lipinski definition) is 1. The monoisotopic (exact) mass is 694 g/mol. The Kier molecular flexibility index (Phi) is 9.74. The van der Waals surface area contributed by atoms with E-state index in [1.807, 2.05) is 12.1 Å². The third kappa shape index (κ3) is 7.24. The van der Waals surface area contributed by atoms with Gasteiger partial charge in [0.25, 0.3) is 0 Å². The van der Waals surface area contributed by atoms with Crippen LogP contribution in [0.3, 0.4) is 0 Å². The van der Waals surface area contributed by atoms with Crippen LogP contribution < -0.4 is 10.6 Å². The molecule has 2 nitrogen and oxygen atoms in total. The highest BCUT2D eigenvalue weighted by Gasteiger charge is 2.24. The van der Waals surface area contributed by atoms with Gasteiger partial charge in [-0.3, -0.25) is 0 Å². The van der Waals surface area contributed by atoms with Crippen LogP contribution in [0.15, 0.2) is 200 Å². The van der Waals surface area contributed by atoms with Crippen LogP contribution in [-0.2, 0) is 0 Å². The largest absolute Gasteiger partial charge is 0.399 e. The molecule has 0 atom stereocenters. The average Bonchev–Trinajstić information content (AvgIpc) is 3.23. The molecule has 2 heteroatoms. The van der Waals surface area contributed by atoms with Crippen molar-refractivity contribution in [3.63, 3.8) is 0 Å². The maximum atomic E-state index is 6.22. The van der Waals surface area contributed by atoms with Gasteiger partial charge in [0.2, 0.25) is 0 Å². The molecule has 8 rings (SSSR count). The molecule has 0 aliphatic carbocycles.